The predicted molar refractivity (Wildman–Crippen MR) is 89.4 cm³/mol. The number of fused-ring (bicyclic) bond motifs is 2. The number of aliphatic hydroxyl groups is 1. The molecule has 4 nitrogen and oxygen atoms in total. The zero-order chi connectivity index (χ0) is 16.0. The highest BCUT2D eigenvalue weighted by Gasteiger charge is 2.46. The maximum Gasteiger partial charge on any atom is 0.144 e. The fourth-order valence-corrected chi connectivity index (χ4v) is 4.82. The normalized spacial score (nSPS) is 34.4. The van der Waals surface area contributed by atoms with Crippen molar-refractivity contribution in [3.05, 3.63) is 27.7 Å². The number of hydrogen-bond acceptors (Lipinski definition) is 4. The van der Waals surface area contributed by atoms with Crippen molar-refractivity contribution in [1.82, 2.24) is 4.90 Å². The van der Waals surface area contributed by atoms with Gasteiger partial charge in [-0.05, 0) is 25.0 Å². The number of halogens is 2. The number of aliphatic hydroxyl groups excluding tert-OH is 1. The zero-order valence-corrected chi connectivity index (χ0v) is 14.4. The van der Waals surface area contributed by atoms with E-state index in [0.717, 1.165) is 51.1 Å². The van der Waals surface area contributed by atoms with Gasteiger partial charge in [-0.25, -0.2) is 0 Å². The molecule has 2 aliphatic heterocycles. The summed E-state index contributed by atoms with van der Waals surface area (Å²) in [6.07, 6.45) is 2.57. The van der Waals surface area contributed by atoms with Crippen LogP contribution in [0.3, 0.4) is 0 Å². The number of ether oxygens (including phenoxy) is 2. The van der Waals surface area contributed by atoms with E-state index in [0.29, 0.717) is 21.8 Å². The van der Waals surface area contributed by atoms with Gasteiger partial charge in [0, 0.05) is 35.6 Å². The maximum absolute atomic E-state index is 10.9. The van der Waals surface area contributed by atoms with E-state index in [-0.39, 0.29) is 12.0 Å². The summed E-state index contributed by atoms with van der Waals surface area (Å²) in [6, 6.07) is 3.77. The average molecular weight is 358 g/mol. The summed E-state index contributed by atoms with van der Waals surface area (Å²) >= 11 is 12.4. The number of nitrogens with zero attached hydrogens (tertiary/aromatic N) is 1. The zero-order valence-electron chi connectivity index (χ0n) is 12.9. The fourth-order valence-electron chi connectivity index (χ4n) is 4.27. The molecule has 4 rings (SSSR count). The van der Waals surface area contributed by atoms with E-state index in [1.165, 1.54) is 0 Å². The largest absolute Gasteiger partial charge is 0.486 e. The molecule has 0 bridgehead atoms. The molecule has 1 aromatic carbocycles. The van der Waals surface area contributed by atoms with E-state index in [1.807, 2.05) is 0 Å². The molecule has 2 heterocycles. The summed E-state index contributed by atoms with van der Waals surface area (Å²) in [6.45, 7) is 3.38. The summed E-state index contributed by atoms with van der Waals surface area (Å²) < 4.78 is 11.8. The van der Waals surface area contributed by atoms with Crippen LogP contribution < -0.4 is 4.74 Å². The Kier molecular flexibility index (Phi) is 4.45. The van der Waals surface area contributed by atoms with Crippen molar-refractivity contribution in [1.29, 1.82) is 0 Å². The highest BCUT2D eigenvalue weighted by Crippen LogP contribution is 2.49. The van der Waals surface area contributed by atoms with Crippen LogP contribution in [0.4, 0.5) is 0 Å². The number of hydrogen-bond donors (Lipinski definition) is 1. The summed E-state index contributed by atoms with van der Waals surface area (Å²) in [7, 11) is 0. The molecule has 1 saturated carbocycles. The lowest BCUT2D eigenvalue weighted by Crippen LogP contribution is -2.57. The Labute approximate surface area is 146 Å². The summed E-state index contributed by atoms with van der Waals surface area (Å²) in [4.78, 5) is 2.45. The van der Waals surface area contributed by atoms with Gasteiger partial charge in [0.1, 0.15) is 11.9 Å². The number of rotatable bonds is 1. The van der Waals surface area contributed by atoms with Crippen LogP contribution in [0.15, 0.2) is 12.1 Å². The third-order valence-corrected chi connectivity index (χ3v) is 5.87. The van der Waals surface area contributed by atoms with Gasteiger partial charge in [-0.2, -0.15) is 0 Å². The molecule has 3 aliphatic rings. The second kappa shape index (κ2) is 6.41. The summed E-state index contributed by atoms with van der Waals surface area (Å²) in [5.41, 5.74) is 0.728. The Bertz CT molecular complexity index is 591. The molecule has 6 heteroatoms. The number of benzene rings is 1. The fraction of sp³-hybridized carbons (Fsp3) is 0.647. The van der Waals surface area contributed by atoms with E-state index in [4.69, 9.17) is 32.7 Å². The Balaban J connectivity index is 1.67. The Morgan fingerprint density at radius 2 is 1.91 bits per heavy atom. The van der Waals surface area contributed by atoms with Crippen molar-refractivity contribution in [2.24, 2.45) is 5.92 Å². The number of morpholine rings is 1. The predicted octanol–water partition coefficient (Wildman–Crippen LogP) is 3.29. The summed E-state index contributed by atoms with van der Waals surface area (Å²) in [5.74, 6) is 0.698. The first-order valence-electron chi connectivity index (χ1n) is 8.30. The van der Waals surface area contributed by atoms with Gasteiger partial charge in [-0.1, -0.05) is 29.6 Å². The molecule has 4 atom stereocenters. The van der Waals surface area contributed by atoms with Crippen molar-refractivity contribution in [3.8, 4) is 5.75 Å². The first-order valence-corrected chi connectivity index (χ1v) is 9.06. The van der Waals surface area contributed by atoms with Gasteiger partial charge in [-0.3, -0.25) is 4.90 Å². The third-order valence-electron chi connectivity index (χ3n) is 5.37. The smallest absolute Gasteiger partial charge is 0.144 e. The van der Waals surface area contributed by atoms with Crippen LogP contribution in [0.2, 0.25) is 10.0 Å². The van der Waals surface area contributed by atoms with Gasteiger partial charge in [0.25, 0.3) is 0 Å². The maximum atomic E-state index is 10.9. The molecule has 0 aromatic heterocycles. The van der Waals surface area contributed by atoms with Crippen LogP contribution in [0, 0.1) is 5.92 Å². The molecule has 23 heavy (non-hydrogen) atoms. The van der Waals surface area contributed by atoms with Crippen LogP contribution in [0.1, 0.15) is 30.9 Å². The highest BCUT2D eigenvalue weighted by atomic mass is 35.5. The molecule has 1 saturated heterocycles. The molecule has 0 unspecified atom stereocenters. The Morgan fingerprint density at radius 1 is 1.13 bits per heavy atom. The van der Waals surface area contributed by atoms with E-state index in [2.05, 4.69) is 4.90 Å². The van der Waals surface area contributed by atoms with Crippen molar-refractivity contribution < 1.29 is 14.6 Å². The molecule has 1 aliphatic carbocycles. The van der Waals surface area contributed by atoms with Crippen LogP contribution in [0.5, 0.6) is 5.75 Å². The monoisotopic (exact) mass is 357 g/mol. The van der Waals surface area contributed by atoms with Gasteiger partial charge < -0.3 is 14.6 Å². The minimum Gasteiger partial charge on any atom is -0.486 e. The molecular formula is C17H21Cl2NO3. The first kappa shape index (κ1) is 16.0. The molecule has 1 N–H and O–H groups in total. The van der Waals surface area contributed by atoms with Gasteiger partial charge in [0.2, 0.25) is 0 Å². The van der Waals surface area contributed by atoms with Crippen LogP contribution in [0.25, 0.3) is 0 Å². The van der Waals surface area contributed by atoms with E-state index in [1.54, 1.807) is 12.1 Å². The van der Waals surface area contributed by atoms with Gasteiger partial charge in [-0.15, -0.1) is 0 Å². The van der Waals surface area contributed by atoms with Gasteiger partial charge in [0.15, 0.2) is 0 Å². The van der Waals surface area contributed by atoms with Crippen LogP contribution >= 0.6 is 23.2 Å². The topological polar surface area (TPSA) is 41.9 Å². The van der Waals surface area contributed by atoms with Crippen molar-refractivity contribution in [3.63, 3.8) is 0 Å². The van der Waals surface area contributed by atoms with E-state index < -0.39 is 6.10 Å². The third kappa shape index (κ3) is 2.85. The van der Waals surface area contributed by atoms with E-state index >= 15 is 0 Å². The quantitative estimate of drug-likeness (QED) is 0.837. The molecule has 1 aromatic rings. The lowest BCUT2D eigenvalue weighted by atomic mass is 9.75. The van der Waals surface area contributed by atoms with Gasteiger partial charge >= 0.3 is 0 Å². The molecule has 2 fully saturated rings. The Hall–Kier alpha value is -0.520. The lowest BCUT2D eigenvalue weighted by molar-refractivity contribution is -0.0868. The highest BCUT2D eigenvalue weighted by molar-refractivity contribution is 6.35. The minimum atomic E-state index is -0.566. The van der Waals surface area contributed by atoms with Crippen LogP contribution in [-0.2, 0) is 4.74 Å². The first-order chi connectivity index (χ1) is 11.1. The van der Waals surface area contributed by atoms with Crippen molar-refractivity contribution >= 4 is 23.2 Å². The molecule has 0 radical (unpaired) electrons. The lowest BCUT2D eigenvalue weighted by Gasteiger charge is -2.48. The second-order valence-electron chi connectivity index (χ2n) is 6.64. The van der Waals surface area contributed by atoms with Crippen molar-refractivity contribution in [2.75, 3.05) is 26.3 Å². The SMILES string of the molecule is O[C@@H]1c2cc(Cl)cc(Cl)c2O[C@@H]2[C@@H]1CCC[C@H]2N1CCOCC1. The molecule has 0 amide bonds. The Morgan fingerprint density at radius 3 is 2.70 bits per heavy atom. The van der Waals surface area contributed by atoms with Crippen molar-refractivity contribution in [2.45, 2.75) is 37.5 Å². The van der Waals surface area contributed by atoms with Crippen LogP contribution in [-0.4, -0.2) is 48.5 Å². The van der Waals surface area contributed by atoms with E-state index in [9.17, 15) is 5.11 Å². The average Bonchev–Trinajstić information content (AvgIpc) is 2.56. The molecular weight excluding hydrogens is 337 g/mol. The molecule has 126 valence electrons. The molecule has 0 spiro atoms. The minimum absolute atomic E-state index is 0.0250. The van der Waals surface area contributed by atoms with Gasteiger partial charge in [0.05, 0.1) is 24.3 Å². The standard InChI is InChI=1S/C17H21Cl2NO3/c18-10-8-12-15(21)11-2-1-3-14(20-4-6-22-7-5-20)17(11)23-16(12)13(19)9-10/h8-9,11,14-15,17,21H,1-7H2/t11-,14-,15+,17-/m1/s1. The summed E-state index contributed by atoms with van der Waals surface area (Å²) in [5, 5.41) is 11.9. The second-order valence-corrected chi connectivity index (χ2v) is 7.49.